The Balaban J connectivity index is 1.65. The predicted octanol–water partition coefficient (Wildman–Crippen LogP) is 1.19. The molecule has 5 heteroatoms. The molecular weight excluding hydrogens is 268 g/mol. The van der Waals surface area contributed by atoms with E-state index in [4.69, 9.17) is 4.74 Å². The highest BCUT2D eigenvalue weighted by molar-refractivity contribution is 5.83. The van der Waals surface area contributed by atoms with Crippen LogP contribution in [0.4, 0.5) is 0 Å². The SMILES string of the molecule is CN1CCC(C(=O)NCC(=O)OCc2ccccc2)CC1. The van der Waals surface area contributed by atoms with Gasteiger partial charge in [-0.05, 0) is 38.5 Å². The molecule has 0 aromatic heterocycles. The van der Waals surface area contributed by atoms with Gasteiger partial charge in [0, 0.05) is 5.92 Å². The van der Waals surface area contributed by atoms with Crippen molar-refractivity contribution in [3.8, 4) is 0 Å². The third-order valence-electron chi connectivity index (χ3n) is 3.74. The number of esters is 1. The van der Waals surface area contributed by atoms with Crippen LogP contribution in [-0.2, 0) is 20.9 Å². The second kappa shape index (κ2) is 7.78. The van der Waals surface area contributed by atoms with Crippen molar-refractivity contribution in [2.75, 3.05) is 26.7 Å². The summed E-state index contributed by atoms with van der Waals surface area (Å²) < 4.78 is 5.12. The molecular formula is C16H22N2O3. The van der Waals surface area contributed by atoms with E-state index < -0.39 is 5.97 Å². The molecule has 1 aromatic carbocycles. The summed E-state index contributed by atoms with van der Waals surface area (Å²) in [6.07, 6.45) is 1.70. The van der Waals surface area contributed by atoms with Crippen molar-refractivity contribution in [3.63, 3.8) is 0 Å². The first-order valence-electron chi connectivity index (χ1n) is 7.31. The van der Waals surface area contributed by atoms with Crippen molar-refractivity contribution in [2.24, 2.45) is 5.92 Å². The smallest absolute Gasteiger partial charge is 0.325 e. The quantitative estimate of drug-likeness (QED) is 0.828. The monoisotopic (exact) mass is 290 g/mol. The van der Waals surface area contributed by atoms with Crippen molar-refractivity contribution in [3.05, 3.63) is 35.9 Å². The molecule has 1 N–H and O–H groups in total. The summed E-state index contributed by atoms with van der Waals surface area (Å²) >= 11 is 0. The van der Waals surface area contributed by atoms with Crippen LogP contribution in [0, 0.1) is 5.92 Å². The predicted molar refractivity (Wildman–Crippen MR) is 79.5 cm³/mol. The van der Waals surface area contributed by atoms with E-state index >= 15 is 0 Å². The highest BCUT2D eigenvalue weighted by atomic mass is 16.5. The maximum atomic E-state index is 11.9. The zero-order valence-corrected chi connectivity index (χ0v) is 12.4. The summed E-state index contributed by atoms with van der Waals surface area (Å²) in [5, 5.41) is 2.67. The number of likely N-dealkylation sites (tertiary alicyclic amines) is 1. The summed E-state index contributed by atoms with van der Waals surface area (Å²) in [4.78, 5) is 25.8. The summed E-state index contributed by atoms with van der Waals surface area (Å²) in [5.74, 6) is -0.428. The lowest BCUT2D eigenvalue weighted by molar-refractivity contribution is -0.145. The molecule has 1 saturated heterocycles. The Hall–Kier alpha value is -1.88. The van der Waals surface area contributed by atoms with Gasteiger partial charge >= 0.3 is 5.97 Å². The number of carbonyl (C=O) groups excluding carboxylic acids is 2. The van der Waals surface area contributed by atoms with Gasteiger partial charge in [0.2, 0.25) is 5.91 Å². The number of amides is 1. The number of nitrogens with one attached hydrogen (secondary N) is 1. The van der Waals surface area contributed by atoms with Crippen LogP contribution in [-0.4, -0.2) is 43.5 Å². The molecule has 1 amide bonds. The van der Waals surface area contributed by atoms with Crippen LogP contribution >= 0.6 is 0 Å². The van der Waals surface area contributed by atoms with Gasteiger partial charge < -0.3 is 15.0 Å². The Morgan fingerprint density at radius 1 is 1.24 bits per heavy atom. The highest BCUT2D eigenvalue weighted by Crippen LogP contribution is 2.15. The number of rotatable bonds is 5. The lowest BCUT2D eigenvalue weighted by atomic mass is 9.96. The molecule has 1 aromatic rings. The third kappa shape index (κ3) is 5.19. The first-order chi connectivity index (χ1) is 10.1. The lowest BCUT2D eigenvalue weighted by Crippen LogP contribution is -2.40. The summed E-state index contributed by atoms with van der Waals surface area (Å²) in [7, 11) is 2.05. The van der Waals surface area contributed by atoms with E-state index in [1.54, 1.807) is 0 Å². The number of hydrogen-bond donors (Lipinski definition) is 1. The standard InChI is InChI=1S/C16H22N2O3/c1-18-9-7-14(8-10-18)16(20)17-11-15(19)21-12-13-5-3-2-4-6-13/h2-6,14H,7-12H2,1H3,(H,17,20). The fourth-order valence-electron chi connectivity index (χ4n) is 2.36. The van der Waals surface area contributed by atoms with Gasteiger partial charge in [0.25, 0.3) is 0 Å². The van der Waals surface area contributed by atoms with Gasteiger partial charge in [0.1, 0.15) is 13.2 Å². The molecule has 0 spiro atoms. The van der Waals surface area contributed by atoms with Crippen LogP contribution < -0.4 is 5.32 Å². The zero-order chi connectivity index (χ0) is 15.1. The van der Waals surface area contributed by atoms with E-state index in [2.05, 4.69) is 17.3 Å². The molecule has 21 heavy (non-hydrogen) atoms. The first-order valence-corrected chi connectivity index (χ1v) is 7.31. The molecule has 5 nitrogen and oxygen atoms in total. The summed E-state index contributed by atoms with van der Waals surface area (Å²) in [6, 6.07) is 9.48. The number of benzene rings is 1. The molecule has 1 aliphatic heterocycles. The number of piperidine rings is 1. The minimum Gasteiger partial charge on any atom is -0.460 e. The van der Waals surface area contributed by atoms with Gasteiger partial charge in [-0.2, -0.15) is 0 Å². The van der Waals surface area contributed by atoms with Crippen LogP contribution in [0.2, 0.25) is 0 Å². The Labute approximate surface area is 125 Å². The fraction of sp³-hybridized carbons (Fsp3) is 0.500. The molecule has 1 aliphatic rings. The largest absolute Gasteiger partial charge is 0.460 e. The summed E-state index contributed by atoms with van der Waals surface area (Å²) in [6.45, 7) is 2.04. The molecule has 0 saturated carbocycles. The molecule has 2 rings (SSSR count). The minimum absolute atomic E-state index is 0.0168. The zero-order valence-electron chi connectivity index (χ0n) is 12.4. The Morgan fingerprint density at radius 2 is 1.90 bits per heavy atom. The average molecular weight is 290 g/mol. The van der Waals surface area contributed by atoms with Crippen LogP contribution in [0.3, 0.4) is 0 Å². The van der Waals surface area contributed by atoms with E-state index in [-0.39, 0.29) is 25.0 Å². The van der Waals surface area contributed by atoms with Gasteiger partial charge in [-0.15, -0.1) is 0 Å². The second-order valence-corrected chi connectivity index (χ2v) is 5.44. The number of ether oxygens (including phenoxy) is 1. The average Bonchev–Trinajstić information content (AvgIpc) is 2.52. The van der Waals surface area contributed by atoms with E-state index in [0.29, 0.717) is 0 Å². The molecule has 0 radical (unpaired) electrons. The molecule has 114 valence electrons. The summed E-state index contributed by atoms with van der Waals surface area (Å²) in [5.41, 5.74) is 0.937. The van der Waals surface area contributed by atoms with Crippen molar-refractivity contribution < 1.29 is 14.3 Å². The topological polar surface area (TPSA) is 58.6 Å². The number of hydrogen-bond acceptors (Lipinski definition) is 4. The Kier molecular flexibility index (Phi) is 5.75. The molecule has 1 fully saturated rings. The van der Waals surface area contributed by atoms with Gasteiger partial charge in [-0.25, -0.2) is 0 Å². The first kappa shape index (κ1) is 15.5. The minimum atomic E-state index is -0.403. The molecule has 0 unspecified atom stereocenters. The van der Waals surface area contributed by atoms with Gasteiger partial charge in [-0.1, -0.05) is 30.3 Å². The number of carbonyl (C=O) groups is 2. The van der Waals surface area contributed by atoms with Gasteiger partial charge in [-0.3, -0.25) is 9.59 Å². The van der Waals surface area contributed by atoms with Gasteiger partial charge in [0.05, 0.1) is 0 Å². The van der Waals surface area contributed by atoms with Crippen molar-refractivity contribution >= 4 is 11.9 Å². The van der Waals surface area contributed by atoms with E-state index in [0.717, 1.165) is 31.5 Å². The normalized spacial score (nSPS) is 16.4. The maximum absolute atomic E-state index is 11.9. The van der Waals surface area contributed by atoms with Crippen molar-refractivity contribution in [1.29, 1.82) is 0 Å². The highest BCUT2D eigenvalue weighted by Gasteiger charge is 2.23. The van der Waals surface area contributed by atoms with Crippen LogP contribution in [0.15, 0.2) is 30.3 Å². The van der Waals surface area contributed by atoms with Crippen LogP contribution in [0.5, 0.6) is 0 Å². The molecule has 0 bridgehead atoms. The van der Waals surface area contributed by atoms with E-state index in [1.165, 1.54) is 0 Å². The molecule has 0 atom stereocenters. The Bertz CT molecular complexity index is 468. The third-order valence-corrected chi connectivity index (χ3v) is 3.74. The van der Waals surface area contributed by atoms with Gasteiger partial charge in [0.15, 0.2) is 0 Å². The van der Waals surface area contributed by atoms with Crippen LogP contribution in [0.25, 0.3) is 0 Å². The van der Waals surface area contributed by atoms with Crippen molar-refractivity contribution in [2.45, 2.75) is 19.4 Å². The lowest BCUT2D eigenvalue weighted by Gasteiger charge is -2.27. The molecule has 0 aliphatic carbocycles. The van der Waals surface area contributed by atoms with Crippen molar-refractivity contribution in [1.82, 2.24) is 10.2 Å². The molecule has 1 heterocycles. The van der Waals surface area contributed by atoms with E-state index in [1.807, 2.05) is 30.3 Å². The number of nitrogens with zero attached hydrogens (tertiary/aromatic N) is 1. The maximum Gasteiger partial charge on any atom is 0.325 e. The van der Waals surface area contributed by atoms with E-state index in [9.17, 15) is 9.59 Å². The fourth-order valence-corrected chi connectivity index (χ4v) is 2.36. The second-order valence-electron chi connectivity index (χ2n) is 5.44. The Morgan fingerprint density at radius 3 is 2.57 bits per heavy atom. The van der Waals surface area contributed by atoms with Crippen LogP contribution in [0.1, 0.15) is 18.4 Å².